The molecule has 64 heavy (non-hydrogen) atoms. The second kappa shape index (κ2) is 15.1. The van der Waals surface area contributed by atoms with Crippen molar-refractivity contribution in [2.75, 3.05) is 58.2 Å². The lowest BCUT2D eigenvalue weighted by molar-refractivity contribution is -0.117. The summed E-state index contributed by atoms with van der Waals surface area (Å²) in [5, 5.41) is 11.4. The molecule has 8 aromatic rings. The summed E-state index contributed by atoms with van der Waals surface area (Å²) in [5.74, 6) is 6.25. The number of fused-ring (bicyclic) bond motifs is 9. The number of rotatable bonds is 9. The zero-order valence-electron chi connectivity index (χ0n) is 35.4. The number of hydrogen-bond acceptors (Lipinski definition) is 8. The number of nitrogens with zero attached hydrogens (tertiary/aromatic N) is 7. The molecule has 0 atom stereocenters. The number of azo groups is 1. The summed E-state index contributed by atoms with van der Waals surface area (Å²) >= 11 is 0. The maximum atomic E-state index is 14.3. The minimum Gasteiger partial charge on any atom is -0.362 e. The molecule has 318 valence electrons. The second-order valence-corrected chi connectivity index (χ2v) is 16.6. The van der Waals surface area contributed by atoms with Crippen LogP contribution in [0.25, 0.3) is 32.7 Å². The zero-order valence-corrected chi connectivity index (χ0v) is 35.4. The average Bonchev–Trinajstić information content (AvgIpc) is 4.17. The van der Waals surface area contributed by atoms with Gasteiger partial charge in [0.15, 0.2) is 5.78 Å². The molecule has 0 spiro atoms. The largest absolute Gasteiger partial charge is 0.362 e. The highest BCUT2D eigenvalue weighted by atomic mass is 16.2. The molecule has 0 radical (unpaired) electrons. The molecule has 14 nitrogen and oxygen atoms in total. The number of benzene rings is 5. The van der Waals surface area contributed by atoms with Crippen molar-refractivity contribution >= 4 is 90.3 Å². The Kier molecular flexibility index (Phi) is 9.19. The number of carbonyl (C=O) groups is 4. The lowest BCUT2D eigenvalue weighted by Crippen LogP contribution is -2.39. The number of aromatic nitrogens is 3. The van der Waals surface area contributed by atoms with Gasteiger partial charge in [0.05, 0.1) is 29.1 Å². The van der Waals surface area contributed by atoms with Crippen molar-refractivity contribution in [2.45, 2.75) is 33.1 Å². The van der Waals surface area contributed by atoms with Gasteiger partial charge < -0.3 is 35.4 Å². The molecule has 11 rings (SSSR count). The van der Waals surface area contributed by atoms with Gasteiger partial charge in [0.2, 0.25) is 5.91 Å². The van der Waals surface area contributed by atoms with Crippen LogP contribution in [0, 0.1) is 0 Å². The summed E-state index contributed by atoms with van der Waals surface area (Å²) < 4.78 is 1.45. The van der Waals surface area contributed by atoms with Crippen molar-refractivity contribution in [3.8, 4) is 0 Å². The van der Waals surface area contributed by atoms with Gasteiger partial charge in [-0.1, -0.05) is 18.2 Å². The van der Waals surface area contributed by atoms with Crippen LogP contribution in [0.1, 0.15) is 62.0 Å². The number of amides is 3. The number of anilines is 4. The minimum absolute atomic E-state index is 0.00317. The summed E-state index contributed by atoms with van der Waals surface area (Å²) in [4.78, 5) is 68.4. The molecule has 0 saturated heterocycles. The van der Waals surface area contributed by atoms with E-state index in [0.717, 1.165) is 78.0 Å². The maximum Gasteiger partial charge on any atom is 0.276 e. The van der Waals surface area contributed by atoms with Gasteiger partial charge in [-0.15, -0.1) is 0 Å². The molecule has 0 saturated carbocycles. The molecule has 6 heterocycles. The molecule has 14 heteroatoms. The van der Waals surface area contributed by atoms with Crippen LogP contribution in [-0.2, 0) is 24.1 Å². The Balaban J connectivity index is 0.804. The minimum atomic E-state index is -0.207. The highest BCUT2D eigenvalue weighted by molar-refractivity contribution is 6.14. The van der Waals surface area contributed by atoms with Gasteiger partial charge in [0.1, 0.15) is 11.4 Å². The van der Waals surface area contributed by atoms with E-state index in [1.54, 1.807) is 9.80 Å². The normalized spacial score (nSPS) is 14.3. The van der Waals surface area contributed by atoms with Crippen LogP contribution < -0.4 is 25.4 Å². The molecule has 0 fully saturated rings. The van der Waals surface area contributed by atoms with E-state index in [2.05, 4.69) is 20.2 Å². The summed E-state index contributed by atoms with van der Waals surface area (Å²) in [5.41, 5.74) is 11.7. The fourth-order valence-corrected chi connectivity index (χ4v) is 9.84. The molecule has 3 aromatic heterocycles. The predicted octanol–water partition coefficient (Wildman–Crippen LogP) is 8.76. The number of aromatic amines is 2. The number of carbonyl (C=O) groups excluding carboxylic acids is 4. The van der Waals surface area contributed by atoms with E-state index < -0.39 is 0 Å². The van der Waals surface area contributed by atoms with Crippen molar-refractivity contribution in [1.29, 1.82) is 0 Å². The first-order valence-corrected chi connectivity index (χ1v) is 21.6. The van der Waals surface area contributed by atoms with Gasteiger partial charge in [0.25, 0.3) is 11.8 Å². The van der Waals surface area contributed by atoms with Crippen molar-refractivity contribution < 1.29 is 19.2 Å². The number of H-pyrrole nitrogens is 2. The Hall–Kier alpha value is -8.00. The van der Waals surface area contributed by atoms with E-state index in [4.69, 9.17) is 5.84 Å². The van der Waals surface area contributed by atoms with Crippen LogP contribution >= 0.6 is 0 Å². The van der Waals surface area contributed by atoms with E-state index in [1.807, 2.05) is 126 Å². The maximum absolute atomic E-state index is 14.3. The summed E-state index contributed by atoms with van der Waals surface area (Å²) in [6, 6.07) is 34.5. The van der Waals surface area contributed by atoms with Crippen molar-refractivity contribution in [2.24, 2.45) is 10.2 Å². The van der Waals surface area contributed by atoms with Crippen molar-refractivity contribution in [1.82, 2.24) is 14.6 Å². The van der Waals surface area contributed by atoms with Crippen LogP contribution in [0.15, 0.2) is 119 Å². The van der Waals surface area contributed by atoms with E-state index in [9.17, 15) is 19.2 Å². The van der Waals surface area contributed by atoms with Crippen LogP contribution in [0.3, 0.4) is 0 Å². The van der Waals surface area contributed by atoms with Gasteiger partial charge in [-0.3, -0.25) is 23.9 Å². The monoisotopic (exact) mass is 848 g/mol. The van der Waals surface area contributed by atoms with Crippen LogP contribution in [0.5, 0.6) is 0 Å². The summed E-state index contributed by atoms with van der Waals surface area (Å²) in [6.07, 6.45) is 1.95. The van der Waals surface area contributed by atoms with Crippen molar-refractivity contribution in [3.05, 3.63) is 143 Å². The quantitative estimate of drug-likeness (QED) is 0.0746. The number of nitrogens with one attached hydrogen (secondary N) is 2. The number of Topliss-reactive ketones (excluding diaryl/α,β-unsaturated/α-hetero) is 1. The van der Waals surface area contributed by atoms with Crippen LogP contribution in [0.2, 0.25) is 0 Å². The first-order chi connectivity index (χ1) is 31.1. The van der Waals surface area contributed by atoms with E-state index in [-0.39, 0.29) is 30.0 Å². The Morgan fingerprint density at radius 3 is 1.81 bits per heavy atom. The molecule has 5 aromatic carbocycles. The first-order valence-electron chi connectivity index (χ1n) is 21.6. The molecule has 3 amide bonds. The lowest BCUT2D eigenvalue weighted by Gasteiger charge is -2.26. The zero-order chi connectivity index (χ0) is 43.8. The SMILES string of the molecule is CCN(CC(=O)N1CCc2c1ccc1[nH]c(C(=O)N3CCc4c3ccc3c4cc(C(=O)N4CCc5c4ccc4[nH]c(C(C)=O)cc54)n3N)cc21)c1ccc(N=Nc2ccccc2)cc1. The number of nitrogens with two attached hydrogens (primary N) is 1. The number of ketones is 1. The number of hydrogen-bond donors (Lipinski definition) is 3. The van der Waals surface area contributed by atoms with Gasteiger partial charge in [-0.2, -0.15) is 10.2 Å². The third-order valence-corrected chi connectivity index (χ3v) is 13.1. The summed E-state index contributed by atoms with van der Waals surface area (Å²) in [7, 11) is 0. The van der Waals surface area contributed by atoms with E-state index in [0.29, 0.717) is 68.0 Å². The Labute approximate surface area is 367 Å². The predicted molar refractivity (Wildman–Crippen MR) is 250 cm³/mol. The Morgan fingerprint density at radius 2 is 1.17 bits per heavy atom. The average molecular weight is 849 g/mol. The third-order valence-electron chi connectivity index (χ3n) is 13.1. The fourth-order valence-electron chi connectivity index (χ4n) is 9.84. The van der Waals surface area contributed by atoms with Crippen LogP contribution in [-0.4, -0.2) is 70.9 Å². The molecule has 4 N–H and O–H groups in total. The van der Waals surface area contributed by atoms with Gasteiger partial charge in [-0.25, -0.2) is 0 Å². The summed E-state index contributed by atoms with van der Waals surface area (Å²) in [6.45, 7) is 5.97. The molecule has 3 aliphatic rings. The molecule has 3 aliphatic heterocycles. The smallest absolute Gasteiger partial charge is 0.276 e. The molecule has 0 bridgehead atoms. The molecular formula is C50H44N10O4. The number of likely N-dealkylation sites (N-methyl/N-ethyl adjacent to an activating group) is 1. The topological polar surface area (TPSA) is 168 Å². The molecule has 0 aliphatic carbocycles. The highest BCUT2D eigenvalue weighted by Crippen LogP contribution is 2.40. The van der Waals surface area contributed by atoms with E-state index in [1.165, 1.54) is 11.6 Å². The Morgan fingerprint density at radius 1 is 0.625 bits per heavy atom. The van der Waals surface area contributed by atoms with Gasteiger partial charge in [0, 0.05) is 83.0 Å². The van der Waals surface area contributed by atoms with Crippen molar-refractivity contribution in [3.63, 3.8) is 0 Å². The second-order valence-electron chi connectivity index (χ2n) is 16.6. The number of nitrogen functional groups attached to an aromatic ring is 1. The molecule has 0 unspecified atom stereocenters. The standard InChI is InChI=1S/C50H44N10O4/c1-3-56(32-11-9-31(10-12-32)55-54-30-7-5-4-6-8-30)28-48(62)57-22-19-33-37-26-42(53-40(37)13-15-43(33)57)49(63)58-23-21-35-38-27-47(60(51)46(38)18-17-45(35)58)50(64)59-24-20-34-36-25-41(29(2)61)52-39(36)14-16-44(34)59/h4-18,25-27,52-53H,3,19-24,28,51H2,1-2H3. The third kappa shape index (κ3) is 6.31. The first kappa shape index (κ1) is 38.9. The van der Waals surface area contributed by atoms with Gasteiger partial charge in [-0.05, 0) is 134 Å². The highest BCUT2D eigenvalue weighted by Gasteiger charge is 2.34. The van der Waals surface area contributed by atoms with E-state index >= 15 is 0 Å². The molecular weight excluding hydrogens is 805 g/mol. The fraction of sp³-hybridized carbons (Fsp3) is 0.200. The lowest BCUT2D eigenvalue weighted by atomic mass is 10.1. The van der Waals surface area contributed by atoms with Crippen LogP contribution in [0.4, 0.5) is 34.1 Å². The van der Waals surface area contributed by atoms with Gasteiger partial charge >= 0.3 is 0 Å². The Bertz CT molecular complexity index is 3270.